The minimum Gasteiger partial charge on any atom is -0.515 e. The fourth-order valence-electron chi connectivity index (χ4n) is 2.46. The molecule has 1 amide bonds. The maximum absolute atomic E-state index is 13.1. The normalized spacial score (nSPS) is 20.2. The van der Waals surface area contributed by atoms with Crippen molar-refractivity contribution in [2.75, 3.05) is 12.8 Å². The number of hydrogen-bond donors (Lipinski definition) is 2. The van der Waals surface area contributed by atoms with Gasteiger partial charge < -0.3 is 5.11 Å². The number of hydrogen-bond acceptors (Lipinski definition) is 6. The Bertz CT molecular complexity index is 748. The average Bonchev–Trinajstić information content (AvgIpc) is 3.04. The van der Waals surface area contributed by atoms with E-state index < -0.39 is 0 Å². The maximum atomic E-state index is 13.1. The summed E-state index contributed by atoms with van der Waals surface area (Å²) in [5, 5.41) is 17.8. The molecule has 0 saturated carbocycles. The van der Waals surface area contributed by atoms with Gasteiger partial charge in [0, 0.05) is 17.7 Å². The van der Waals surface area contributed by atoms with Gasteiger partial charge in [0.2, 0.25) is 0 Å². The fourth-order valence-corrected chi connectivity index (χ4v) is 4.60. The predicted octanol–water partition coefficient (Wildman–Crippen LogP) is 4.33. The van der Waals surface area contributed by atoms with Crippen molar-refractivity contribution in [2.24, 2.45) is 4.99 Å². The van der Waals surface area contributed by atoms with Gasteiger partial charge in [-0.1, -0.05) is 71.5 Å². The number of aliphatic hydroxyl groups excluding tert-OH is 1. The van der Waals surface area contributed by atoms with Gasteiger partial charge in [-0.15, -0.1) is 0 Å². The second kappa shape index (κ2) is 9.12. The Morgan fingerprint density at radius 3 is 2.68 bits per heavy atom. The second-order valence-electron chi connectivity index (χ2n) is 4.98. The lowest BCUT2D eigenvalue weighted by atomic mass is 10.1. The quantitative estimate of drug-likeness (QED) is 0.344. The molecule has 1 fully saturated rings. The molecule has 1 atom stereocenters. The Hall–Kier alpha value is -1.70. The molecule has 2 N–H and O–H groups in total. The van der Waals surface area contributed by atoms with Crippen LogP contribution in [0.4, 0.5) is 0 Å². The monoisotopic (exact) mass is 395 g/mol. The van der Waals surface area contributed by atoms with E-state index in [1.165, 1.54) is 11.8 Å². The zero-order chi connectivity index (χ0) is 18.4. The van der Waals surface area contributed by atoms with Gasteiger partial charge in [0.15, 0.2) is 9.67 Å². The lowest BCUT2D eigenvalue weighted by Gasteiger charge is -2.26. The average molecular weight is 396 g/mol. The highest BCUT2D eigenvalue weighted by molar-refractivity contribution is 8.20. The number of amides is 1. The highest BCUT2D eigenvalue weighted by Crippen LogP contribution is 2.36. The van der Waals surface area contributed by atoms with Crippen LogP contribution in [-0.4, -0.2) is 44.4 Å². The molecule has 0 radical (unpaired) electrons. The molecular formula is C17H18ClN3O2S2. The van der Waals surface area contributed by atoms with Crippen molar-refractivity contribution >= 4 is 56.3 Å². The number of benzene rings is 1. The molecule has 2 rings (SSSR count). The van der Waals surface area contributed by atoms with Crippen LogP contribution in [0.5, 0.6) is 0 Å². The number of rotatable bonds is 4. The number of carbonyl (C=O) groups is 1. The Kier molecular flexibility index (Phi) is 7.16. The van der Waals surface area contributed by atoms with Crippen molar-refractivity contribution in [3.8, 4) is 0 Å². The van der Waals surface area contributed by atoms with Crippen LogP contribution in [0.25, 0.3) is 5.57 Å². The number of halogens is 1. The van der Waals surface area contributed by atoms with Gasteiger partial charge in [-0.3, -0.25) is 20.1 Å². The number of allylic oxidation sites excluding steroid dienone is 1. The summed E-state index contributed by atoms with van der Waals surface area (Å²) < 4.78 is -0.0617. The molecule has 5 nitrogen and oxygen atoms in total. The topological polar surface area (TPSA) is 76.8 Å². The van der Waals surface area contributed by atoms with E-state index in [4.69, 9.17) is 17.0 Å². The summed E-state index contributed by atoms with van der Waals surface area (Å²) in [5.41, 5.74) is 0.816. The molecule has 1 saturated heterocycles. The van der Waals surface area contributed by atoms with Crippen LogP contribution in [0.3, 0.4) is 0 Å². The SMILES string of the molecule is C/C=C(\SC(=N)Cl)[C@H]1CSC(=NC)N1C(=O)/C(=C/O)c1ccccc1. The van der Waals surface area contributed by atoms with Crippen molar-refractivity contribution in [2.45, 2.75) is 13.0 Å². The first-order valence-electron chi connectivity index (χ1n) is 7.44. The Morgan fingerprint density at radius 2 is 2.16 bits per heavy atom. The zero-order valence-electron chi connectivity index (χ0n) is 13.8. The summed E-state index contributed by atoms with van der Waals surface area (Å²) in [5.74, 6) is 0.272. The van der Waals surface area contributed by atoms with Crippen molar-refractivity contribution in [1.29, 1.82) is 5.41 Å². The molecule has 132 valence electrons. The number of carbonyl (C=O) groups excluding carboxylic acids is 1. The van der Waals surface area contributed by atoms with E-state index >= 15 is 0 Å². The van der Waals surface area contributed by atoms with Crippen LogP contribution in [-0.2, 0) is 4.79 Å². The Morgan fingerprint density at radius 1 is 1.48 bits per heavy atom. The molecule has 25 heavy (non-hydrogen) atoms. The number of nitrogens with one attached hydrogen (secondary N) is 1. The van der Waals surface area contributed by atoms with Gasteiger partial charge in [-0.2, -0.15) is 0 Å². The molecule has 0 aromatic heterocycles. The first-order valence-corrected chi connectivity index (χ1v) is 9.62. The van der Waals surface area contributed by atoms with E-state index in [2.05, 4.69) is 4.99 Å². The van der Waals surface area contributed by atoms with E-state index in [0.717, 1.165) is 22.9 Å². The predicted molar refractivity (Wildman–Crippen MR) is 108 cm³/mol. The van der Waals surface area contributed by atoms with Crippen LogP contribution in [0, 0.1) is 5.41 Å². The van der Waals surface area contributed by atoms with Crippen molar-refractivity contribution in [3.63, 3.8) is 0 Å². The largest absolute Gasteiger partial charge is 0.515 e. The molecule has 0 unspecified atom stereocenters. The number of nitrogens with zero attached hydrogens (tertiary/aromatic N) is 2. The summed E-state index contributed by atoms with van der Waals surface area (Å²) in [6.07, 6.45) is 2.67. The lowest BCUT2D eigenvalue weighted by molar-refractivity contribution is -0.121. The van der Waals surface area contributed by atoms with E-state index in [-0.39, 0.29) is 22.0 Å². The van der Waals surface area contributed by atoms with Gasteiger partial charge >= 0.3 is 0 Å². The first-order chi connectivity index (χ1) is 12.0. The van der Waals surface area contributed by atoms with Crippen LogP contribution < -0.4 is 0 Å². The van der Waals surface area contributed by atoms with Crippen molar-refractivity contribution in [3.05, 3.63) is 53.1 Å². The molecule has 0 spiro atoms. The van der Waals surface area contributed by atoms with E-state index in [9.17, 15) is 9.90 Å². The number of aliphatic hydroxyl groups is 1. The lowest BCUT2D eigenvalue weighted by Crippen LogP contribution is -2.40. The molecule has 1 aromatic carbocycles. The highest BCUT2D eigenvalue weighted by atomic mass is 35.5. The maximum Gasteiger partial charge on any atom is 0.264 e. The smallest absolute Gasteiger partial charge is 0.264 e. The summed E-state index contributed by atoms with van der Waals surface area (Å²) in [4.78, 5) is 19.7. The van der Waals surface area contributed by atoms with Gasteiger partial charge in [0.1, 0.15) is 0 Å². The van der Waals surface area contributed by atoms with E-state index in [0.29, 0.717) is 16.5 Å². The van der Waals surface area contributed by atoms with Gasteiger partial charge in [0.05, 0.1) is 17.9 Å². The molecule has 1 aliphatic rings. The standard InChI is InChI=1S/C17H18ClN3O2S2/c1-3-14(25-16(18)19)13-10-24-17(20-2)21(13)15(23)12(9-22)11-7-5-4-6-8-11/h3-9,13,19,22H,10H2,1-2H3/b12-9+,14-3-,19-16?,20-17?/t13-/m1/s1. The third kappa shape index (κ3) is 4.48. The summed E-state index contributed by atoms with van der Waals surface area (Å²) in [6.45, 7) is 1.84. The molecule has 0 bridgehead atoms. The van der Waals surface area contributed by atoms with Gasteiger partial charge in [-0.05, 0) is 12.5 Å². The van der Waals surface area contributed by atoms with Crippen LogP contribution in [0.2, 0.25) is 0 Å². The van der Waals surface area contributed by atoms with Crippen molar-refractivity contribution < 1.29 is 9.90 Å². The number of thioether (sulfide) groups is 2. The summed E-state index contributed by atoms with van der Waals surface area (Å²) in [6, 6.07) is 8.70. The highest BCUT2D eigenvalue weighted by Gasteiger charge is 2.38. The molecule has 8 heteroatoms. The van der Waals surface area contributed by atoms with Gasteiger partial charge in [0.25, 0.3) is 5.91 Å². The third-order valence-electron chi connectivity index (χ3n) is 3.56. The third-order valence-corrected chi connectivity index (χ3v) is 5.84. The minimum atomic E-state index is -0.342. The number of amidine groups is 1. The molecular weight excluding hydrogens is 378 g/mol. The zero-order valence-corrected chi connectivity index (χ0v) is 16.2. The van der Waals surface area contributed by atoms with Crippen LogP contribution in [0.15, 0.2) is 52.6 Å². The minimum absolute atomic E-state index is 0.0617. The Labute approximate surface area is 160 Å². The Balaban J connectivity index is 2.40. The second-order valence-corrected chi connectivity index (χ2v) is 7.66. The van der Waals surface area contributed by atoms with Crippen LogP contribution in [0.1, 0.15) is 12.5 Å². The van der Waals surface area contributed by atoms with Crippen LogP contribution >= 0.6 is 35.1 Å². The van der Waals surface area contributed by atoms with E-state index in [1.54, 1.807) is 36.2 Å². The summed E-state index contributed by atoms with van der Waals surface area (Å²) in [7, 11) is 1.63. The molecule has 0 aliphatic carbocycles. The van der Waals surface area contributed by atoms with E-state index in [1.807, 2.05) is 19.1 Å². The molecule has 1 aliphatic heterocycles. The molecule has 1 aromatic rings. The van der Waals surface area contributed by atoms with Gasteiger partial charge in [-0.25, -0.2) is 0 Å². The first kappa shape index (κ1) is 19.6. The fraction of sp³-hybridized carbons (Fsp3) is 0.235. The van der Waals surface area contributed by atoms with Crippen molar-refractivity contribution in [1.82, 2.24) is 4.90 Å². The molecule has 1 heterocycles. The summed E-state index contributed by atoms with van der Waals surface area (Å²) >= 11 is 8.30. The number of aliphatic imine (C=N–C) groups is 1.